The fraction of sp³-hybridized carbons (Fsp3) is 0.667. The molecule has 0 spiro atoms. The van der Waals surface area contributed by atoms with Crippen LogP contribution in [0.15, 0.2) is 5.38 Å². The SMILES string of the molecule is Cc1nc(CNCCC(C)O)cs1. The van der Waals surface area contributed by atoms with Crippen LogP contribution in [0.25, 0.3) is 0 Å². The molecule has 0 saturated carbocycles. The number of nitrogens with zero attached hydrogens (tertiary/aromatic N) is 1. The summed E-state index contributed by atoms with van der Waals surface area (Å²) in [5.74, 6) is 0. The molecule has 0 amide bonds. The van der Waals surface area contributed by atoms with Crippen LogP contribution >= 0.6 is 11.3 Å². The number of hydrogen-bond donors (Lipinski definition) is 2. The lowest BCUT2D eigenvalue weighted by atomic mass is 10.3. The number of aryl methyl sites for hydroxylation is 1. The predicted octanol–water partition coefficient (Wildman–Crippen LogP) is 1.31. The van der Waals surface area contributed by atoms with Gasteiger partial charge in [0, 0.05) is 11.9 Å². The third kappa shape index (κ3) is 4.36. The Morgan fingerprint density at radius 3 is 3.00 bits per heavy atom. The summed E-state index contributed by atoms with van der Waals surface area (Å²) in [7, 11) is 0. The van der Waals surface area contributed by atoms with Gasteiger partial charge in [0.05, 0.1) is 16.8 Å². The number of aliphatic hydroxyl groups excluding tert-OH is 1. The van der Waals surface area contributed by atoms with Crippen LogP contribution in [0.5, 0.6) is 0 Å². The van der Waals surface area contributed by atoms with E-state index < -0.39 is 0 Å². The zero-order valence-corrected chi connectivity index (χ0v) is 8.90. The van der Waals surface area contributed by atoms with Crippen molar-refractivity contribution in [2.45, 2.75) is 32.9 Å². The first-order chi connectivity index (χ1) is 6.18. The molecule has 1 rings (SSSR count). The lowest BCUT2D eigenvalue weighted by Crippen LogP contribution is -2.18. The number of hydrogen-bond acceptors (Lipinski definition) is 4. The highest BCUT2D eigenvalue weighted by Crippen LogP contribution is 2.07. The molecule has 0 aromatic carbocycles. The lowest BCUT2D eigenvalue weighted by Gasteiger charge is -2.04. The van der Waals surface area contributed by atoms with Gasteiger partial charge in [-0.1, -0.05) is 0 Å². The average molecular weight is 200 g/mol. The molecule has 0 aliphatic carbocycles. The third-order valence-corrected chi connectivity index (χ3v) is 2.53. The van der Waals surface area contributed by atoms with Gasteiger partial charge in [0.1, 0.15) is 0 Å². The second-order valence-electron chi connectivity index (χ2n) is 3.17. The smallest absolute Gasteiger partial charge is 0.0897 e. The maximum Gasteiger partial charge on any atom is 0.0897 e. The highest BCUT2D eigenvalue weighted by molar-refractivity contribution is 7.09. The molecule has 4 heteroatoms. The van der Waals surface area contributed by atoms with Crippen molar-refractivity contribution >= 4 is 11.3 Å². The number of nitrogens with one attached hydrogen (secondary N) is 1. The highest BCUT2D eigenvalue weighted by Gasteiger charge is 1.98. The van der Waals surface area contributed by atoms with Crippen molar-refractivity contribution in [2.75, 3.05) is 6.54 Å². The van der Waals surface area contributed by atoms with E-state index in [-0.39, 0.29) is 6.10 Å². The number of aromatic nitrogens is 1. The van der Waals surface area contributed by atoms with E-state index >= 15 is 0 Å². The molecule has 1 heterocycles. The number of thiazole rings is 1. The molecule has 13 heavy (non-hydrogen) atoms. The fourth-order valence-electron chi connectivity index (χ4n) is 1.02. The van der Waals surface area contributed by atoms with Gasteiger partial charge in [-0.25, -0.2) is 4.98 Å². The Morgan fingerprint density at radius 2 is 2.46 bits per heavy atom. The Labute approximate surface area is 82.8 Å². The van der Waals surface area contributed by atoms with E-state index in [1.807, 2.05) is 6.92 Å². The average Bonchev–Trinajstić information content (AvgIpc) is 2.45. The van der Waals surface area contributed by atoms with Gasteiger partial charge in [-0.15, -0.1) is 11.3 Å². The second-order valence-corrected chi connectivity index (χ2v) is 4.23. The van der Waals surface area contributed by atoms with Crippen LogP contribution in [-0.4, -0.2) is 22.7 Å². The monoisotopic (exact) mass is 200 g/mol. The molecule has 0 fully saturated rings. The summed E-state index contributed by atoms with van der Waals surface area (Å²) < 4.78 is 0. The van der Waals surface area contributed by atoms with Crippen LogP contribution in [0.1, 0.15) is 24.0 Å². The molecule has 1 aromatic rings. The molecule has 0 radical (unpaired) electrons. The van der Waals surface area contributed by atoms with Crippen molar-refractivity contribution in [3.8, 4) is 0 Å². The lowest BCUT2D eigenvalue weighted by molar-refractivity contribution is 0.183. The minimum Gasteiger partial charge on any atom is -0.393 e. The summed E-state index contributed by atoms with van der Waals surface area (Å²) in [6.07, 6.45) is 0.577. The van der Waals surface area contributed by atoms with Gasteiger partial charge < -0.3 is 10.4 Å². The first kappa shape index (κ1) is 10.6. The summed E-state index contributed by atoms with van der Waals surface area (Å²) >= 11 is 1.67. The summed E-state index contributed by atoms with van der Waals surface area (Å²) in [5, 5.41) is 15.4. The summed E-state index contributed by atoms with van der Waals surface area (Å²) in [6, 6.07) is 0. The van der Waals surface area contributed by atoms with E-state index in [1.165, 1.54) is 0 Å². The van der Waals surface area contributed by atoms with Crippen molar-refractivity contribution in [1.82, 2.24) is 10.3 Å². The molecule has 1 atom stereocenters. The predicted molar refractivity (Wildman–Crippen MR) is 54.9 cm³/mol. The van der Waals surface area contributed by atoms with Crippen molar-refractivity contribution in [2.24, 2.45) is 0 Å². The maximum absolute atomic E-state index is 9.00. The molecule has 3 nitrogen and oxygen atoms in total. The molecular weight excluding hydrogens is 184 g/mol. The first-order valence-corrected chi connectivity index (χ1v) is 5.36. The molecule has 2 N–H and O–H groups in total. The number of rotatable bonds is 5. The van der Waals surface area contributed by atoms with Gasteiger partial charge in [-0.05, 0) is 26.8 Å². The van der Waals surface area contributed by atoms with Crippen molar-refractivity contribution < 1.29 is 5.11 Å². The summed E-state index contributed by atoms with van der Waals surface area (Å²) in [4.78, 5) is 4.32. The molecule has 0 bridgehead atoms. The Kier molecular flexibility index (Phi) is 4.35. The van der Waals surface area contributed by atoms with Gasteiger partial charge >= 0.3 is 0 Å². The topological polar surface area (TPSA) is 45.2 Å². The summed E-state index contributed by atoms with van der Waals surface area (Å²) in [5.41, 5.74) is 1.09. The van der Waals surface area contributed by atoms with Crippen LogP contribution in [0, 0.1) is 6.92 Å². The molecular formula is C9H16N2OS. The maximum atomic E-state index is 9.00. The Balaban J connectivity index is 2.13. The van der Waals surface area contributed by atoms with E-state index in [2.05, 4.69) is 15.7 Å². The second kappa shape index (κ2) is 5.32. The quantitative estimate of drug-likeness (QED) is 0.704. The summed E-state index contributed by atoms with van der Waals surface area (Å²) in [6.45, 7) is 5.45. The van der Waals surface area contributed by atoms with Crippen LogP contribution < -0.4 is 5.32 Å². The van der Waals surface area contributed by atoms with Gasteiger partial charge in [-0.2, -0.15) is 0 Å². The van der Waals surface area contributed by atoms with Crippen molar-refractivity contribution in [3.05, 3.63) is 16.1 Å². The van der Waals surface area contributed by atoms with E-state index in [4.69, 9.17) is 5.11 Å². The molecule has 1 unspecified atom stereocenters. The Bertz CT molecular complexity index is 248. The minimum atomic E-state index is -0.218. The Hall–Kier alpha value is -0.450. The molecule has 74 valence electrons. The van der Waals surface area contributed by atoms with Gasteiger partial charge in [0.25, 0.3) is 0 Å². The zero-order valence-electron chi connectivity index (χ0n) is 8.08. The molecule has 1 aromatic heterocycles. The number of aliphatic hydroxyl groups is 1. The van der Waals surface area contributed by atoms with Gasteiger partial charge in [0.2, 0.25) is 0 Å². The Morgan fingerprint density at radius 1 is 1.69 bits per heavy atom. The van der Waals surface area contributed by atoms with E-state index in [0.717, 1.165) is 30.2 Å². The zero-order chi connectivity index (χ0) is 9.68. The van der Waals surface area contributed by atoms with Gasteiger partial charge in [-0.3, -0.25) is 0 Å². The largest absolute Gasteiger partial charge is 0.393 e. The first-order valence-electron chi connectivity index (χ1n) is 4.48. The van der Waals surface area contributed by atoms with Crippen LogP contribution in [0.2, 0.25) is 0 Å². The molecule has 0 aliphatic heterocycles. The standard InChI is InChI=1S/C9H16N2OS/c1-7(12)3-4-10-5-9-6-13-8(2)11-9/h6-7,10,12H,3-5H2,1-2H3. The van der Waals surface area contributed by atoms with Crippen molar-refractivity contribution in [1.29, 1.82) is 0 Å². The van der Waals surface area contributed by atoms with E-state index in [0.29, 0.717) is 0 Å². The molecule has 0 aliphatic rings. The van der Waals surface area contributed by atoms with Crippen LogP contribution in [0.3, 0.4) is 0 Å². The van der Waals surface area contributed by atoms with Crippen molar-refractivity contribution in [3.63, 3.8) is 0 Å². The molecule has 0 saturated heterocycles. The normalized spacial score (nSPS) is 13.2. The minimum absolute atomic E-state index is 0.218. The van der Waals surface area contributed by atoms with Gasteiger partial charge in [0.15, 0.2) is 0 Å². The fourth-order valence-corrected chi connectivity index (χ4v) is 1.63. The highest BCUT2D eigenvalue weighted by atomic mass is 32.1. The third-order valence-electron chi connectivity index (χ3n) is 1.71. The van der Waals surface area contributed by atoms with Crippen LogP contribution in [-0.2, 0) is 6.54 Å². The van der Waals surface area contributed by atoms with Crippen LogP contribution in [0.4, 0.5) is 0 Å². The van der Waals surface area contributed by atoms with E-state index in [9.17, 15) is 0 Å². The van der Waals surface area contributed by atoms with E-state index in [1.54, 1.807) is 18.3 Å².